The Kier molecular flexibility index (Phi) is 5.54. The van der Waals surface area contributed by atoms with Gasteiger partial charge in [-0.25, -0.2) is 4.98 Å². The third kappa shape index (κ3) is 3.53. The van der Waals surface area contributed by atoms with Crippen LogP contribution >= 0.6 is 0 Å². The molecule has 5 heteroatoms. The fourth-order valence-electron chi connectivity index (χ4n) is 3.66. The van der Waals surface area contributed by atoms with Crippen LogP contribution < -0.4 is 0 Å². The third-order valence-corrected chi connectivity index (χ3v) is 5.23. The van der Waals surface area contributed by atoms with Gasteiger partial charge in [0, 0.05) is 35.8 Å². The molecule has 3 aromatic rings. The summed E-state index contributed by atoms with van der Waals surface area (Å²) < 4.78 is 1.92. The van der Waals surface area contributed by atoms with Crippen molar-refractivity contribution in [3.05, 3.63) is 47.3 Å². The highest BCUT2D eigenvalue weighted by Crippen LogP contribution is 2.31. The average molecular weight is 379 g/mol. The second-order valence-corrected chi connectivity index (χ2v) is 7.97. The summed E-state index contributed by atoms with van der Waals surface area (Å²) in [6, 6.07) is 6.52. The largest absolute Gasteiger partial charge is 0.336 e. The number of aryl methyl sites for hydroxylation is 1. The summed E-state index contributed by atoms with van der Waals surface area (Å²) >= 11 is 0. The maximum atomic E-state index is 13.5. The minimum absolute atomic E-state index is 0.0606. The van der Waals surface area contributed by atoms with Gasteiger partial charge in [-0.2, -0.15) is 5.10 Å². The van der Waals surface area contributed by atoms with E-state index in [-0.39, 0.29) is 18.0 Å². The van der Waals surface area contributed by atoms with E-state index < -0.39 is 0 Å². The molecule has 0 bridgehead atoms. The number of carbonyl (C=O) groups is 1. The van der Waals surface area contributed by atoms with E-state index in [2.05, 4.69) is 38.9 Å². The standard InChI is InChI=1S/C23H30N4O/c1-8-26(14(2)3)23(28)21-17(7)22(18-12-24-27(13-18)15(4)5)25-20-10-9-16(6)11-19(20)21/h9-15H,8H2,1-7H3. The summed E-state index contributed by atoms with van der Waals surface area (Å²) in [6.07, 6.45) is 3.85. The van der Waals surface area contributed by atoms with E-state index >= 15 is 0 Å². The van der Waals surface area contributed by atoms with E-state index in [9.17, 15) is 4.79 Å². The summed E-state index contributed by atoms with van der Waals surface area (Å²) in [5.41, 5.74) is 5.38. The first-order chi connectivity index (χ1) is 13.2. The Morgan fingerprint density at radius 2 is 1.89 bits per heavy atom. The molecule has 0 aliphatic carbocycles. The second kappa shape index (κ2) is 7.74. The lowest BCUT2D eigenvalue weighted by Gasteiger charge is -2.27. The molecule has 1 aromatic carbocycles. The van der Waals surface area contributed by atoms with Gasteiger partial charge in [0.05, 0.1) is 23.0 Å². The summed E-state index contributed by atoms with van der Waals surface area (Å²) in [7, 11) is 0. The fourth-order valence-corrected chi connectivity index (χ4v) is 3.66. The number of pyridine rings is 1. The van der Waals surface area contributed by atoms with Gasteiger partial charge in [-0.05, 0) is 66.2 Å². The molecule has 0 spiro atoms. The van der Waals surface area contributed by atoms with Gasteiger partial charge in [0.25, 0.3) is 5.91 Å². The lowest BCUT2D eigenvalue weighted by atomic mass is 9.96. The minimum atomic E-state index is 0.0606. The van der Waals surface area contributed by atoms with Crippen molar-refractivity contribution in [2.75, 3.05) is 6.54 Å². The van der Waals surface area contributed by atoms with Gasteiger partial charge in [-0.1, -0.05) is 11.6 Å². The summed E-state index contributed by atoms with van der Waals surface area (Å²) in [5, 5.41) is 5.38. The zero-order valence-corrected chi connectivity index (χ0v) is 17.9. The quantitative estimate of drug-likeness (QED) is 0.616. The highest BCUT2D eigenvalue weighted by molar-refractivity contribution is 6.09. The normalized spacial score (nSPS) is 11.6. The molecule has 0 atom stereocenters. The number of hydrogen-bond donors (Lipinski definition) is 0. The maximum absolute atomic E-state index is 13.5. The van der Waals surface area contributed by atoms with Crippen molar-refractivity contribution in [3.63, 3.8) is 0 Å². The molecule has 0 aliphatic heterocycles. The van der Waals surface area contributed by atoms with Gasteiger partial charge in [-0.15, -0.1) is 0 Å². The SMILES string of the molecule is CCN(C(=O)c1c(C)c(-c2cnn(C(C)C)c2)nc2ccc(C)cc12)C(C)C. The second-order valence-electron chi connectivity index (χ2n) is 7.97. The first-order valence-electron chi connectivity index (χ1n) is 10.0. The molecule has 0 saturated carbocycles. The molecule has 0 aliphatic rings. The Labute approximate surface area is 167 Å². The molecular weight excluding hydrogens is 348 g/mol. The molecule has 5 nitrogen and oxygen atoms in total. The highest BCUT2D eigenvalue weighted by atomic mass is 16.2. The number of carbonyl (C=O) groups excluding carboxylic acids is 1. The molecule has 0 fully saturated rings. The Balaban J connectivity index is 2.29. The number of amides is 1. The van der Waals surface area contributed by atoms with Crippen LogP contribution in [0.4, 0.5) is 0 Å². The number of benzene rings is 1. The Hall–Kier alpha value is -2.69. The average Bonchev–Trinajstić information content (AvgIpc) is 3.11. The van der Waals surface area contributed by atoms with Gasteiger partial charge in [-0.3, -0.25) is 9.48 Å². The van der Waals surface area contributed by atoms with Crippen molar-refractivity contribution in [2.24, 2.45) is 0 Å². The van der Waals surface area contributed by atoms with E-state index in [1.165, 1.54) is 0 Å². The molecule has 0 radical (unpaired) electrons. The van der Waals surface area contributed by atoms with E-state index in [4.69, 9.17) is 4.98 Å². The van der Waals surface area contributed by atoms with Crippen LogP contribution in [0.5, 0.6) is 0 Å². The zero-order chi connectivity index (χ0) is 20.6. The maximum Gasteiger partial charge on any atom is 0.255 e. The van der Waals surface area contributed by atoms with Crippen molar-refractivity contribution in [1.29, 1.82) is 0 Å². The highest BCUT2D eigenvalue weighted by Gasteiger charge is 2.24. The van der Waals surface area contributed by atoms with Crippen LogP contribution in [0.25, 0.3) is 22.2 Å². The van der Waals surface area contributed by atoms with Crippen molar-refractivity contribution in [3.8, 4) is 11.3 Å². The number of aromatic nitrogens is 3. The number of nitrogens with zero attached hydrogens (tertiary/aromatic N) is 4. The Morgan fingerprint density at radius 3 is 2.46 bits per heavy atom. The smallest absolute Gasteiger partial charge is 0.255 e. The van der Waals surface area contributed by atoms with Crippen LogP contribution in [0.2, 0.25) is 0 Å². The molecule has 148 valence electrons. The molecule has 0 saturated heterocycles. The van der Waals surface area contributed by atoms with Crippen molar-refractivity contribution < 1.29 is 4.79 Å². The third-order valence-electron chi connectivity index (χ3n) is 5.23. The van der Waals surface area contributed by atoms with Gasteiger partial charge < -0.3 is 4.90 Å². The number of hydrogen-bond acceptors (Lipinski definition) is 3. The lowest BCUT2D eigenvalue weighted by molar-refractivity contribution is 0.0718. The van der Waals surface area contributed by atoms with Gasteiger partial charge >= 0.3 is 0 Å². The first kappa shape index (κ1) is 20.1. The van der Waals surface area contributed by atoms with E-state index in [1.54, 1.807) is 0 Å². The predicted molar refractivity (Wildman–Crippen MR) is 115 cm³/mol. The van der Waals surface area contributed by atoms with Crippen LogP contribution in [0.15, 0.2) is 30.6 Å². The molecular formula is C23H30N4O. The van der Waals surface area contributed by atoms with Crippen LogP contribution in [-0.4, -0.2) is 38.2 Å². The van der Waals surface area contributed by atoms with Crippen molar-refractivity contribution in [2.45, 2.75) is 60.5 Å². The lowest BCUT2D eigenvalue weighted by Crippen LogP contribution is -2.37. The molecule has 2 aromatic heterocycles. The minimum Gasteiger partial charge on any atom is -0.336 e. The zero-order valence-electron chi connectivity index (χ0n) is 17.9. The first-order valence-corrected chi connectivity index (χ1v) is 10.0. The van der Waals surface area contributed by atoms with Crippen LogP contribution in [0, 0.1) is 13.8 Å². The molecule has 0 unspecified atom stereocenters. The summed E-state index contributed by atoms with van der Waals surface area (Å²) in [6.45, 7) is 15.0. The van der Waals surface area contributed by atoms with Crippen molar-refractivity contribution >= 4 is 16.8 Å². The Bertz CT molecular complexity index is 1020. The van der Waals surface area contributed by atoms with Gasteiger partial charge in [0.15, 0.2) is 0 Å². The molecule has 1 amide bonds. The van der Waals surface area contributed by atoms with E-state index in [0.717, 1.165) is 38.9 Å². The van der Waals surface area contributed by atoms with Crippen LogP contribution in [0.1, 0.15) is 62.1 Å². The number of rotatable bonds is 5. The Morgan fingerprint density at radius 1 is 1.18 bits per heavy atom. The van der Waals surface area contributed by atoms with Gasteiger partial charge in [0.1, 0.15) is 0 Å². The van der Waals surface area contributed by atoms with Crippen LogP contribution in [-0.2, 0) is 0 Å². The summed E-state index contributed by atoms with van der Waals surface area (Å²) in [4.78, 5) is 20.4. The molecule has 3 rings (SSSR count). The van der Waals surface area contributed by atoms with Gasteiger partial charge in [0.2, 0.25) is 0 Å². The topological polar surface area (TPSA) is 51.0 Å². The predicted octanol–water partition coefficient (Wildman–Crippen LogP) is 5.17. The van der Waals surface area contributed by atoms with Crippen molar-refractivity contribution in [1.82, 2.24) is 19.7 Å². The fraction of sp³-hybridized carbons (Fsp3) is 0.435. The molecule has 0 N–H and O–H groups in total. The summed E-state index contributed by atoms with van der Waals surface area (Å²) in [5.74, 6) is 0.0606. The van der Waals surface area contributed by atoms with Crippen LogP contribution in [0.3, 0.4) is 0 Å². The molecule has 2 heterocycles. The van der Waals surface area contributed by atoms with E-state index in [0.29, 0.717) is 6.54 Å². The van der Waals surface area contributed by atoms with E-state index in [1.807, 2.05) is 54.9 Å². The number of fused-ring (bicyclic) bond motifs is 1. The monoisotopic (exact) mass is 378 g/mol. The molecule has 28 heavy (non-hydrogen) atoms.